The maximum absolute atomic E-state index is 13.1. The van der Waals surface area contributed by atoms with Crippen LogP contribution in [0.15, 0.2) is 54.7 Å². The van der Waals surface area contributed by atoms with Crippen LogP contribution in [-0.4, -0.2) is 10.5 Å². The first-order valence-corrected chi connectivity index (χ1v) is 6.92. The van der Waals surface area contributed by atoms with E-state index in [0.717, 1.165) is 23.0 Å². The van der Waals surface area contributed by atoms with E-state index in [1.165, 1.54) is 6.07 Å². The van der Waals surface area contributed by atoms with E-state index in [-0.39, 0.29) is 18.0 Å². The second kappa shape index (κ2) is 5.97. The van der Waals surface area contributed by atoms with Crippen molar-refractivity contribution in [2.45, 2.75) is 13.0 Å². The van der Waals surface area contributed by atoms with Crippen molar-refractivity contribution in [1.29, 1.82) is 0 Å². The predicted octanol–water partition coefficient (Wildman–Crippen LogP) is 3.95. The average Bonchev–Trinajstić information content (AvgIpc) is 2.92. The number of aromatic nitrogens is 1. The Labute approximate surface area is 126 Å². The van der Waals surface area contributed by atoms with E-state index in [1.807, 2.05) is 41.1 Å². The van der Waals surface area contributed by atoms with Crippen LogP contribution in [-0.2, 0) is 11.3 Å². The van der Waals surface area contributed by atoms with Crippen LogP contribution < -0.4 is 5.32 Å². The quantitative estimate of drug-likeness (QED) is 0.778. The van der Waals surface area contributed by atoms with Crippen molar-refractivity contribution in [2.75, 3.05) is 5.32 Å². The molecule has 1 N–H and O–H groups in total. The minimum Gasteiger partial charge on any atom is -0.347 e. The van der Waals surface area contributed by atoms with Gasteiger partial charge < -0.3 is 9.88 Å². The number of benzene rings is 2. The van der Waals surface area contributed by atoms with Gasteiger partial charge in [-0.25, -0.2) is 8.78 Å². The molecule has 0 atom stereocenters. The largest absolute Gasteiger partial charge is 0.347 e. The SMILES string of the molecule is O=C(CCn1ccc2ccccc21)Nc1ccc(F)c(F)c1. The Balaban J connectivity index is 1.63. The van der Waals surface area contributed by atoms with E-state index < -0.39 is 11.6 Å². The highest BCUT2D eigenvalue weighted by Gasteiger charge is 2.07. The summed E-state index contributed by atoms with van der Waals surface area (Å²) in [5.74, 6) is -2.16. The number of anilines is 1. The predicted molar refractivity (Wildman–Crippen MR) is 81.5 cm³/mol. The van der Waals surface area contributed by atoms with E-state index in [1.54, 1.807) is 0 Å². The molecule has 1 heterocycles. The number of hydrogen-bond acceptors (Lipinski definition) is 1. The number of amides is 1. The summed E-state index contributed by atoms with van der Waals surface area (Å²) in [4.78, 5) is 11.9. The number of carbonyl (C=O) groups excluding carboxylic acids is 1. The molecule has 3 aromatic rings. The minimum atomic E-state index is -0.978. The van der Waals surface area contributed by atoms with Crippen LogP contribution in [0.5, 0.6) is 0 Å². The fraction of sp³-hybridized carbons (Fsp3) is 0.118. The van der Waals surface area contributed by atoms with E-state index in [2.05, 4.69) is 5.32 Å². The van der Waals surface area contributed by atoms with Gasteiger partial charge in [0.25, 0.3) is 0 Å². The lowest BCUT2D eigenvalue weighted by Crippen LogP contribution is -2.14. The maximum atomic E-state index is 13.1. The summed E-state index contributed by atoms with van der Waals surface area (Å²) in [6, 6.07) is 13.2. The molecule has 22 heavy (non-hydrogen) atoms. The average molecular weight is 300 g/mol. The molecule has 0 aliphatic rings. The normalized spacial score (nSPS) is 10.8. The number of nitrogens with zero attached hydrogens (tertiary/aromatic N) is 1. The molecule has 0 saturated carbocycles. The van der Waals surface area contributed by atoms with Crippen molar-refractivity contribution in [1.82, 2.24) is 4.57 Å². The first-order chi connectivity index (χ1) is 10.6. The molecular formula is C17H14F2N2O. The second-order valence-corrected chi connectivity index (χ2v) is 5.00. The van der Waals surface area contributed by atoms with Crippen molar-refractivity contribution in [3.63, 3.8) is 0 Å². The first-order valence-electron chi connectivity index (χ1n) is 6.92. The molecule has 0 aliphatic heterocycles. The molecule has 1 amide bonds. The van der Waals surface area contributed by atoms with Gasteiger partial charge in [-0.3, -0.25) is 4.79 Å². The Kier molecular flexibility index (Phi) is 3.87. The zero-order valence-electron chi connectivity index (χ0n) is 11.7. The molecule has 0 saturated heterocycles. The summed E-state index contributed by atoms with van der Waals surface area (Å²) in [6.45, 7) is 0.517. The molecule has 0 aliphatic carbocycles. The van der Waals surface area contributed by atoms with Crippen LogP contribution in [0.4, 0.5) is 14.5 Å². The number of fused-ring (bicyclic) bond motifs is 1. The molecule has 3 rings (SSSR count). The number of aryl methyl sites for hydroxylation is 1. The Hall–Kier alpha value is -2.69. The Bertz CT molecular complexity index is 826. The zero-order valence-corrected chi connectivity index (χ0v) is 11.7. The standard InChI is InChI=1S/C17H14F2N2O/c18-14-6-5-13(11-15(14)19)20-17(22)8-10-21-9-7-12-3-1-2-4-16(12)21/h1-7,9,11H,8,10H2,(H,20,22). The molecule has 2 aromatic carbocycles. The van der Waals surface area contributed by atoms with Gasteiger partial charge in [0.15, 0.2) is 11.6 Å². The number of rotatable bonds is 4. The first kappa shape index (κ1) is 14.3. The molecule has 0 unspecified atom stereocenters. The Morgan fingerprint density at radius 3 is 2.68 bits per heavy atom. The van der Waals surface area contributed by atoms with Crippen molar-refractivity contribution < 1.29 is 13.6 Å². The van der Waals surface area contributed by atoms with E-state index in [9.17, 15) is 13.6 Å². The summed E-state index contributed by atoms with van der Waals surface area (Å²) in [6.07, 6.45) is 2.17. The van der Waals surface area contributed by atoms with Gasteiger partial charge in [0.05, 0.1) is 0 Å². The highest BCUT2D eigenvalue weighted by atomic mass is 19.2. The molecule has 0 spiro atoms. The van der Waals surface area contributed by atoms with Crippen LogP contribution in [0.3, 0.4) is 0 Å². The third-order valence-corrected chi connectivity index (χ3v) is 3.46. The lowest BCUT2D eigenvalue weighted by atomic mass is 10.2. The summed E-state index contributed by atoms with van der Waals surface area (Å²) >= 11 is 0. The third-order valence-electron chi connectivity index (χ3n) is 3.46. The molecule has 112 valence electrons. The monoisotopic (exact) mass is 300 g/mol. The Morgan fingerprint density at radius 1 is 1.05 bits per heavy atom. The summed E-state index contributed by atoms with van der Waals surface area (Å²) in [7, 11) is 0. The molecule has 5 heteroatoms. The zero-order chi connectivity index (χ0) is 15.5. The van der Waals surface area contributed by atoms with Crippen molar-refractivity contribution in [3.8, 4) is 0 Å². The van der Waals surface area contributed by atoms with Gasteiger partial charge in [-0.2, -0.15) is 0 Å². The van der Waals surface area contributed by atoms with Gasteiger partial charge in [-0.15, -0.1) is 0 Å². The van der Waals surface area contributed by atoms with Crippen molar-refractivity contribution in [3.05, 3.63) is 66.4 Å². The van der Waals surface area contributed by atoms with Gasteiger partial charge in [0, 0.05) is 36.4 Å². The smallest absolute Gasteiger partial charge is 0.226 e. The number of carbonyl (C=O) groups is 1. The molecular weight excluding hydrogens is 286 g/mol. The highest BCUT2D eigenvalue weighted by Crippen LogP contribution is 2.16. The van der Waals surface area contributed by atoms with Gasteiger partial charge in [0.2, 0.25) is 5.91 Å². The van der Waals surface area contributed by atoms with Gasteiger partial charge in [-0.1, -0.05) is 18.2 Å². The van der Waals surface area contributed by atoms with Crippen LogP contribution in [0.2, 0.25) is 0 Å². The fourth-order valence-corrected chi connectivity index (χ4v) is 2.35. The van der Waals surface area contributed by atoms with Crippen molar-refractivity contribution in [2.24, 2.45) is 0 Å². The van der Waals surface area contributed by atoms with Crippen LogP contribution in [0, 0.1) is 11.6 Å². The van der Waals surface area contributed by atoms with E-state index >= 15 is 0 Å². The van der Waals surface area contributed by atoms with E-state index in [0.29, 0.717) is 6.54 Å². The minimum absolute atomic E-state index is 0.246. The molecule has 0 bridgehead atoms. The number of para-hydroxylation sites is 1. The third kappa shape index (κ3) is 2.98. The number of hydrogen-bond donors (Lipinski definition) is 1. The van der Waals surface area contributed by atoms with Gasteiger partial charge in [-0.05, 0) is 29.7 Å². The molecule has 1 aromatic heterocycles. The van der Waals surface area contributed by atoms with Crippen LogP contribution in [0.1, 0.15) is 6.42 Å². The molecule has 3 nitrogen and oxygen atoms in total. The lowest BCUT2D eigenvalue weighted by molar-refractivity contribution is -0.116. The molecule has 0 fully saturated rings. The van der Waals surface area contributed by atoms with Gasteiger partial charge in [0.1, 0.15) is 0 Å². The summed E-state index contributed by atoms with van der Waals surface area (Å²) in [5.41, 5.74) is 1.31. The van der Waals surface area contributed by atoms with Crippen LogP contribution in [0.25, 0.3) is 10.9 Å². The summed E-state index contributed by atoms with van der Waals surface area (Å²) < 4.78 is 27.9. The second-order valence-electron chi connectivity index (χ2n) is 5.00. The van der Waals surface area contributed by atoms with Crippen LogP contribution >= 0.6 is 0 Å². The number of nitrogens with one attached hydrogen (secondary N) is 1. The fourth-order valence-electron chi connectivity index (χ4n) is 2.35. The van der Waals surface area contributed by atoms with Crippen molar-refractivity contribution >= 4 is 22.5 Å². The Morgan fingerprint density at radius 2 is 1.86 bits per heavy atom. The number of halogens is 2. The topological polar surface area (TPSA) is 34.0 Å². The van der Waals surface area contributed by atoms with E-state index in [4.69, 9.17) is 0 Å². The lowest BCUT2D eigenvalue weighted by Gasteiger charge is -2.07. The maximum Gasteiger partial charge on any atom is 0.226 e. The van der Waals surface area contributed by atoms with Gasteiger partial charge >= 0.3 is 0 Å². The molecule has 0 radical (unpaired) electrons. The summed E-state index contributed by atoms with van der Waals surface area (Å²) in [5, 5.41) is 3.68. The highest BCUT2D eigenvalue weighted by molar-refractivity contribution is 5.90.